The standard InChI is InChI=1S/C21H28N6O2/c1-14-8-16(25-19(29)9-17(28)13-26(2)3)12-27(11-14)18-5-4-15(10-22)20-21(18)24-7-6-23-20/h4-7,14,16-17,28H,8-9,11-13H2,1-3H3,(H,25,29)/t14?,16?,17-/m0/s1. The van der Waals surface area contributed by atoms with E-state index in [0.717, 1.165) is 18.7 Å². The second-order valence-electron chi connectivity index (χ2n) is 8.13. The van der Waals surface area contributed by atoms with Gasteiger partial charge < -0.3 is 20.2 Å². The molecule has 1 aromatic heterocycles. The van der Waals surface area contributed by atoms with Crippen molar-refractivity contribution in [2.24, 2.45) is 5.92 Å². The molecular weight excluding hydrogens is 368 g/mol. The van der Waals surface area contributed by atoms with Crippen LogP contribution in [0.5, 0.6) is 0 Å². The van der Waals surface area contributed by atoms with Gasteiger partial charge in [-0.2, -0.15) is 5.26 Å². The van der Waals surface area contributed by atoms with Crippen molar-refractivity contribution >= 4 is 22.6 Å². The fourth-order valence-corrected chi connectivity index (χ4v) is 4.03. The zero-order chi connectivity index (χ0) is 21.0. The Morgan fingerprint density at radius 2 is 2.07 bits per heavy atom. The molecule has 154 valence electrons. The van der Waals surface area contributed by atoms with Crippen LogP contribution >= 0.6 is 0 Å². The summed E-state index contributed by atoms with van der Waals surface area (Å²) in [5.41, 5.74) is 2.72. The van der Waals surface area contributed by atoms with E-state index in [0.29, 0.717) is 35.6 Å². The molecule has 1 fully saturated rings. The van der Waals surface area contributed by atoms with Crippen molar-refractivity contribution in [2.75, 3.05) is 38.6 Å². The predicted octanol–water partition coefficient (Wildman–Crippen LogP) is 1.15. The molecule has 0 spiro atoms. The van der Waals surface area contributed by atoms with Crippen molar-refractivity contribution < 1.29 is 9.90 Å². The molecule has 29 heavy (non-hydrogen) atoms. The minimum absolute atomic E-state index is 0.0137. The summed E-state index contributed by atoms with van der Waals surface area (Å²) < 4.78 is 0. The number of carbonyl (C=O) groups excluding carboxylic acids is 1. The van der Waals surface area contributed by atoms with Gasteiger partial charge in [0.1, 0.15) is 17.1 Å². The number of hydrogen-bond donors (Lipinski definition) is 2. The van der Waals surface area contributed by atoms with Gasteiger partial charge in [0.25, 0.3) is 0 Å². The Morgan fingerprint density at radius 1 is 1.34 bits per heavy atom. The summed E-state index contributed by atoms with van der Waals surface area (Å²) in [4.78, 5) is 25.2. The molecule has 0 bridgehead atoms. The lowest BCUT2D eigenvalue weighted by Gasteiger charge is -2.38. The summed E-state index contributed by atoms with van der Waals surface area (Å²) in [6.07, 6.45) is 3.51. The number of rotatable bonds is 6. The Hall–Kier alpha value is -2.76. The lowest BCUT2D eigenvalue weighted by Crippen LogP contribution is -2.51. The van der Waals surface area contributed by atoms with Crippen LogP contribution in [0.4, 0.5) is 5.69 Å². The molecule has 1 amide bonds. The predicted molar refractivity (Wildman–Crippen MR) is 111 cm³/mol. The van der Waals surface area contributed by atoms with Gasteiger partial charge in [-0.05, 0) is 38.6 Å². The van der Waals surface area contributed by atoms with E-state index >= 15 is 0 Å². The number of hydrogen-bond acceptors (Lipinski definition) is 7. The number of nitriles is 1. The van der Waals surface area contributed by atoms with Crippen LogP contribution in [0.2, 0.25) is 0 Å². The van der Waals surface area contributed by atoms with Crippen molar-refractivity contribution in [2.45, 2.75) is 31.9 Å². The number of aromatic nitrogens is 2. The maximum atomic E-state index is 12.4. The average Bonchev–Trinajstić information content (AvgIpc) is 2.65. The lowest BCUT2D eigenvalue weighted by atomic mass is 9.94. The summed E-state index contributed by atoms with van der Waals surface area (Å²) in [7, 11) is 3.74. The second-order valence-corrected chi connectivity index (χ2v) is 8.13. The van der Waals surface area contributed by atoms with Crippen LogP contribution in [0, 0.1) is 17.2 Å². The van der Waals surface area contributed by atoms with E-state index in [2.05, 4.69) is 33.2 Å². The van der Waals surface area contributed by atoms with E-state index in [1.807, 2.05) is 25.1 Å². The van der Waals surface area contributed by atoms with Crippen LogP contribution in [-0.2, 0) is 4.79 Å². The van der Waals surface area contributed by atoms with Gasteiger partial charge >= 0.3 is 0 Å². The van der Waals surface area contributed by atoms with E-state index in [9.17, 15) is 15.2 Å². The Morgan fingerprint density at radius 3 is 2.76 bits per heavy atom. The van der Waals surface area contributed by atoms with E-state index in [4.69, 9.17) is 0 Å². The fraction of sp³-hybridized carbons (Fsp3) is 0.524. The van der Waals surface area contributed by atoms with Gasteiger partial charge in [-0.15, -0.1) is 0 Å². The molecule has 8 nitrogen and oxygen atoms in total. The molecule has 2 N–H and O–H groups in total. The number of aliphatic hydroxyl groups is 1. The van der Waals surface area contributed by atoms with Crippen LogP contribution in [-0.4, -0.2) is 71.8 Å². The average molecular weight is 396 g/mol. The molecule has 2 unspecified atom stereocenters. The number of piperidine rings is 1. The maximum Gasteiger partial charge on any atom is 0.222 e. The molecule has 2 aromatic rings. The number of likely N-dealkylation sites (N-methyl/N-ethyl adjacent to an activating group) is 1. The number of fused-ring (bicyclic) bond motifs is 1. The first-order valence-electron chi connectivity index (χ1n) is 9.88. The van der Waals surface area contributed by atoms with Gasteiger partial charge in [-0.25, -0.2) is 0 Å². The third-order valence-electron chi connectivity index (χ3n) is 5.09. The largest absolute Gasteiger partial charge is 0.391 e. The summed E-state index contributed by atoms with van der Waals surface area (Å²) in [6.45, 7) is 4.10. The quantitative estimate of drug-likeness (QED) is 0.754. The molecule has 1 aliphatic rings. The Balaban J connectivity index is 1.75. The summed E-state index contributed by atoms with van der Waals surface area (Å²) in [6, 6.07) is 5.84. The van der Waals surface area contributed by atoms with Crippen LogP contribution in [0.25, 0.3) is 11.0 Å². The van der Waals surface area contributed by atoms with Crippen molar-refractivity contribution in [3.8, 4) is 6.07 Å². The number of anilines is 1. The minimum Gasteiger partial charge on any atom is -0.391 e. The Labute approximate surface area is 171 Å². The number of nitrogens with one attached hydrogen (secondary N) is 1. The smallest absolute Gasteiger partial charge is 0.222 e. The van der Waals surface area contributed by atoms with Crippen molar-refractivity contribution in [1.82, 2.24) is 20.2 Å². The van der Waals surface area contributed by atoms with Gasteiger partial charge in [-0.3, -0.25) is 14.8 Å². The van der Waals surface area contributed by atoms with E-state index in [-0.39, 0.29) is 18.4 Å². The zero-order valence-corrected chi connectivity index (χ0v) is 17.2. The molecule has 1 saturated heterocycles. The number of nitrogens with zero attached hydrogens (tertiary/aromatic N) is 5. The molecular formula is C21H28N6O2. The first-order valence-corrected chi connectivity index (χ1v) is 9.88. The topological polar surface area (TPSA) is 105 Å². The maximum absolute atomic E-state index is 12.4. The van der Waals surface area contributed by atoms with Gasteiger partial charge in [-0.1, -0.05) is 6.92 Å². The summed E-state index contributed by atoms with van der Waals surface area (Å²) in [5.74, 6) is 0.242. The molecule has 2 heterocycles. The molecule has 3 atom stereocenters. The SMILES string of the molecule is CC1CC(NC(=O)C[C@H](O)CN(C)C)CN(c2ccc(C#N)c3nccnc23)C1. The van der Waals surface area contributed by atoms with Gasteiger partial charge in [0.05, 0.1) is 23.8 Å². The first-order chi connectivity index (χ1) is 13.9. The molecule has 1 aromatic carbocycles. The lowest BCUT2D eigenvalue weighted by molar-refractivity contribution is -0.124. The van der Waals surface area contributed by atoms with Crippen LogP contribution in [0.3, 0.4) is 0 Å². The van der Waals surface area contributed by atoms with Crippen LogP contribution < -0.4 is 10.2 Å². The third-order valence-corrected chi connectivity index (χ3v) is 5.09. The highest BCUT2D eigenvalue weighted by Gasteiger charge is 2.28. The fourth-order valence-electron chi connectivity index (χ4n) is 4.03. The Bertz CT molecular complexity index is 910. The number of benzene rings is 1. The van der Waals surface area contributed by atoms with E-state index < -0.39 is 6.10 Å². The van der Waals surface area contributed by atoms with Crippen molar-refractivity contribution in [3.63, 3.8) is 0 Å². The van der Waals surface area contributed by atoms with Gasteiger partial charge in [0, 0.05) is 38.1 Å². The van der Waals surface area contributed by atoms with Crippen LogP contribution in [0.1, 0.15) is 25.3 Å². The summed E-state index contributed by atoms with van der Waals surface area (Å²) in [5, 5.41) is 22.4. The highest BCUT2D eigenvalue weighted by Crippen LogP contribution is 2.30. The molecule has 1 aliphatic heterocycles. The molecule has 0 saturated carbocycles. The monoisotopic (exact) mass is 396 g/mol. The van der Waals surface area contributed by atoms with Crippen molar-refractivity contribution in [1.29, 1.82) is 5.26 Å². The zero-order valence-electron chi connectivity index (χ0n) is 17.2. The molecule has 0 radical (unpaired) electrons. The molecule has 0 aliphatic carbocycles. The van der Waals surface area contributed by atoms with Crippen molar-refractivity contribution in [3.05, 3.63) is 30.1 Å². The molecule has 3 rings (SSSR count). The minimum atomic E-state index is -0.681. The Kier molecular flexibility index (Phi) is 6.62. The van der Waals surface area contributed by atoms with Gasteiger partial charge in [0.2, 0.25) is 5.91 Å². The normalized spacial score (nSPS) is 20.5. The van der Waals surface area contributed by atoms with Gasteiger partial charge in [0.15, 0.2) is 0 Å². The number of aliphatic hydroxyl groups excluding tert-OH is 1. The second kappa shape index (κ2) is 9.16. The third kappa shape index (κ3) is 5.19. The highest BCUT2D eigenvalue weighted by molar-refractivity contribution is 5.92. The van der Waals surface area contributed by atoms with E-state index in [1.165, 1.54) is 0 Å². The molecule has 8 heteroatoms. The first kappa shape index (κ1) is 21.0. The number of carbonyl (C=O) groups is 1. The number of amides is 1. The summed E-state index contributed by atoms with van der Waals surface area (Å²) >= 11 is 0. The van der Waals surface area contributed by atoms with E-state index in [1.54, 1.807) is 18.5 Å². The highest BCUT2D eigenvalue weighted by atomic mass is 16.3. The van der Waals surface area contributed by atoms with Crippen LogP contribution in [0.15, 0.2) is 24.5 Å².